The molecular weight excluding hydrogens is 280 g/mol. The molecule has 0 unspecified atom stereocenters. The normalized spacial score (nSPS) is 19.7. The van der Waals surface area contributed by atoms with Crippen LogP contribution in [0.4, 0.5) is 4.79 Å². The molecule has 1 aromatic carbocycles. The number of carbonyl (C=O) groups is 1. The molecule has 1 amide bonds. The first-order chi connectivity index (χ1) is 10.7. The first-order valence-electron chi connectivity index (χ1n) is 7.98. The predicted molar refractivity (Wildman–Crippen MR) is 85.5 cm³/mol. The van der Waals surface area contributed by atoms with E-state index >= 15 is 0 Å². The van der Waals surface area contributed by atoms with Gasteiger partial charge in [-0.2, -0.15) is 0 Å². The SMILES string of the molecule is CN[C@@H](CCO)[C@@H]1CCCN(C(=O)OCc2ccccc2)C1. The van der Waals surface area contributed by atoms with Crippen LogP contribution in [-0.4, -0.2) is 48.9 Å². The molecule has 0 spiro atoms. The molecule has 2 rings (SSSR count). The van der Waals surface area contributed by atoms with Crippen LogP contribution >= 0.6 is 0 Å². The highest BCUT2D eigenvalue weighted by Crippen LogP contribution is 2.22. The van der Waals surface area contributed by atoms with Crippen molar-refractivity contribution in [2.24, 2.45) is 5.92 Å². The zero-order valence-corrected chi connectivity index (χ0v) is 13.2. The first kappa shape index (κ1) is 16.8. The summed E-state index contributed by atoms with van der Waals surface area (Å²) in [4.78, 5) is 14.0. The van der Waals surface area contributed by atoms with Crippen molar-refractivity contribution in [2.45, 2.75) is 31.9 Å². The highest BCUT2D eigenvalue weighted by atomic mass is 16.6. The van der Waals surface area contributed by atoms with Crippen LogP contribution in [0, 0.1) is 5.92 Å². The number of ether oxygens (including phenoxy) is 1. The van der Waals surface area contributed by atoms with Crippen LogP contribution in [-0.2, 0) is 11.3 Å². The van der Waals surface area contributed by atoms with E-state index in [9.17, 15) is 4.79 Å². The molecule has 0 aliphatic carbocycles. The molecule has 1 aliphatic rings. The van der Waals surface area contributed by atoms with E-state index < -0.39 is 0 Å². The van der Waals surface area contributed by atoms with Crippen LogP contribution < -0.4 is 5.32 Å². The lowest BCUT2D eigenvalue weighted by Gasteiger charge is -2.36. The van der Waals surface area contributed by atoms with Gasteiger partial charge in [-0.15, -0.1) is 0 Å². The lowest BCUT2D eigenvalue weighted by molar-refractivity contribution is 0.0719. The highest BCUT2D eigenvalue weighted by molar-refractivity contribution is 5.67. The van der Waals surface area contributed by atoms with Gasteiger partial charge in [-0.3, -0.25) is 0 Å². The van der Waals surface area contributed by atoms with Crippen LogP contribution in [0.5, 0.6) is 0 Å². The van der Waals surface area contributed by atoms with Gasteiger partial charge in [0.1, 0.15) is 6.61 Å². The van der Waals surface area contributed by atoms with E-state index in [4.69, 9.17) is 9.84 Å². The van der Waals surface area contributed by atoms with E-state index in [1.165, 1.54) is 0 Å². The Bertz CT molecular complexity index is 452. The topological polar surface area (TPSA) is 61.8 Å². The quantitative estimate of drug-likeness (QED) is 0.844. The number of amides is 1. The third-order valence-corrected chi connectivity index (χ3v) is 4.30. The van der Waals surface area contributed by atoms with Crippen molar-refractivity contribution in [1.29, 1.82) is 0 Å². The second-order valence-corrected chi connectivity index (χ2v) is 5.80. The standard InChI is InChI=1S/C17H26N2O3/c1-18-16(9-11-20)15-8-5-10-19(12-15)17(21)22-13-14-6-3-2-4-7-14/h2-4,6-7,15-16,18,20H,5,8-13H2,1H3/t15-,16+/m1/s1. The average Bonchev–Trinajstić information content (AvgIpc) is 2.58. The van der Waals surface area contributed by atoms with Crippen LogP contribution in [0.1, 0.15) is 24.8 Å². The van der Waals surface area contributed by atoms with Gasteiger partial charge < -0.3 is 20.1 Å². The fourth-order valence-electron chi connectivity index (χ4n) is 3.07. The average molecular weight is 306 g/mol. The van der Waals surface area contributed by atoms with E-state index in [1.807, 2.05) is 37.4 Å². The van der Waals surface area contributed by atoms with Crippen molar-refractivity contribution >= 4 is 6.09 Å². The van der Waals surface area contributed by atoms with Crippen LogP contribution in [0.2, 0.25) is 0 Å². The second kappa shape index (κ2) is 8.76. The molecule has 0 aromatic heterocycles. The Kier molecular flexibility index (Phi) is 6.68. The van der Waals surface area contributed by atoms with Crippen molar-refractivity contribution in [3.63, 3.8) is 0 Å². The zero-order chi connectivity index (χ0) is 15.8. The summed E-state index contributed by atoms with van der Waals surface area (Å²) < 4.78 is 5.41. The molecule has 1 saturated heterocycles. The number of piperidine rings is 1. The molecule has 0 saturated carbocycles. The fourth-order valence-corrected chi connectivity index (χ4v) is 3.07. The number of rotatable bonds is 6. The summed E-state index contributed by atoms with van der Waals surface area (Å²) in [5.74, 6) is 0.371. The van der Waals surface area contributed by atoms with Gasteiger partial charge in [0.05, 0.1) is 0 Å². The Morgan fingerprint density at radius 2 is 2.23 bits per heavy atom. The first-order valence-corrected chi connectivity index (χ1v) is 7.98. The van der Waals surface area contributed by atoms with Crippen molar-refractivity contribution in [2.75, 3.05) is 26.7 Å². The minimum Gasteiger partial charge on any atom is -0.445 e. The van der Waals surface area contributed by atoms with Gasteiger partial charge in [0, 0.05) is 25.7 Å². The highest BCUT2D eigenvalue weighted by Gasteiger charge is 2.29. The Balaban J connectivity index is 1.84. The molecular formula is C17H26N2O3. The summed E-state index contributed by atoms with van der Waals surface area (Å²) in [6, 6.07) is 9.96. The van der Waals surface area contributed by atoms with Crippen molar-refractivity contribution in [3.8, 4) is 0 Å². The van der Waals surface area contributed by atoms with Gasteiger partial charge in [-0.05, 0) is 37.8 Å². The molecule has 1 aliphatic heterocycles. The molecule has 1 heterocycles. The number of carbonyl (C=O) groups excluding carboxylic acids is 1. The Morgan fingerprint density at radius 1 is 1.45 bits per heavy atom. The van der Waals surface area contributed by atoms with Crippen molar-refractivity contribution in [3.05, 3.63) is 35.9 Å². The third kappa shape index (κ3) is 4.71. The van der Waals surface area contributed by atoms with E-state index in [0.29, 0.717) is 25.5 Å². The van der Waals surface area contributed by atoms with Gasteiger partial charge in [0.15, 0.2) is 0 Å². The van der Waals surface area contributed by atoms with E-state index in [2.05, 4.69) is 5.32 Å². The Morgan fingerprint density at radius 3 is 2.91 bits per heavy atom. The maximum Gasteiger partial charge on any atom is 0.410 e. The minimum atomic E-state index is -0.243. The molecule has 0 radical (unpaired) electrons. The summed E-state index contributed by atoms with van der Waals surface area (Å²) >= 11 is 0. The number of benzene rings is 1. The van der Waals surface area contributed by atoms with Crippen molar-refractivity contribution < 1.29 is 14.6 Å². The van der Waals surface area contributed by atoms with Crippen LogP contribution in [0.25, 0.3) is 0 Å². The number of aliphatic hydroxyl groups excluding tert-OH is 1. The molecule has 1 fully saturated rings. The molecule has 1 aromatic rings. The summed E-state index contributed by atoms with van der Waals surface area (Å²) in [7, 11) is 1.91. The maximum absolute atomic E-state index is 12.2. The van der Waals surface area contributed by atoms with Gasteiger partial charge in [0.2, 0.25) is 0 Å². The second-order valence-electron chi connectivity index (χ2n) is 5.80. The van der Waals surface area contributed by atoms with E-state index in [1.54, 1.807) is 4.90 Å². The summed E-state index contributed by atoms with van der Waals surface area (Å²) in [5, 5.41) is 12.4. The summed E-state index contributed by atoms with van der Waals surface area (Å²) in [5.41, 5.74) is 0.998. The van der Waals surface area contributed by atoms with Crippen molar-refractivity contribution in [1.82, 2.24) is 10.2 Å². The van der Waals surface area contributed by atoms with Gasteiger partial charge >= 0.3 is 6.09 Å². The molecule has 0 bridgehead atoms. The molecule has 5 nitrogen and oxygen atoms in total. The number of aliphatic hydroxyl groups is 1. The van der Waals surface area contributed by atoms with Crippen LogP contribution in [0.15, 0.2) is 30.3 Å². The largest absolute Gasteiger partial charge is 0.445 e. The number of likely N-dealkylation sites (tertiary alicyclic amines) is 1. The summed E-state index contributed by atoms with van der Waals surface area (Å²) in [6.45, 7) is 1.92. The number of nitrogens with zero attached hydrogens (tertiary/aromatic N) is 1. The lowest BCUT2D eigenvalue weighted by atomic mass is 9.89. The third-order valence-electron chi connectivity index (χ3n) is 4.30. The smallest absolute Gasteiger partial charge is 0.410 e. The maximum atomic E-state index is 12.2. The number of hydrogen-bond donors (Lipinski definition) is 2. The van der Waals surface area contributed by atoms with Gasteiger partial charge in [0.25, 0.3) is 0 Å². The lowest BCUT2D eigenvalue weighted by Crippen LogP contribution is -2.47. The zero-order valence-electron chi connectivity index (χ0n) is 13.2. The van der Waals surface area contributed by atoms with E-state index in [-0.39, 0.29) is 18.7 Å². The number of nitrogens with one attached hydrogen (secondary N) is 1. The Labute approximate surface area is 132 Å². The van der Waals surface area contributed by atoms with Crippen LogP contribution in [0.3, 0.4) is 0 Å². The molecule has 2 N–H and O–H groups in total. The Hall–Kier alpha value is -1.59. The summed E-state index contributed by atoms with van der Waals surface area (Å²) in [6.07, 6.45) is 2.53. The minimum absolute atomic E-state index is 0.167. The predicted octanol–water partition coefficient (Wildman–Crippen LogP) is 2.01. The molecule has 5 heteroatoms. The van der Waals surface area contributed by atoms with Gasteiger partial charge in [-0.1, -0.05) is 30.3 Å². The monoisotopic (exact) mass is 306 g/mol. The van der Waals surface area contributed by atoms with Gasteiger partial charge in [-0.25, -0.2) is 4.79 Å². The number of hydrogen-bond acceptors (Lipinski definition) is 4. The molecule has 22 heavy (non-hydrogen) atoms. The molecule has 2 atom stereocenters. The fraction of sp³-hybridized carbons (Fsp3) is 0.588. The van der Waals surface area contributed by atoms with E-state index in [0.717, 1.165) is 24.9 Å². The molecule has 122 valence electrons.